The number of nitrogens with zero attached hydrogens (tertiary/aromatic N) is 2. The highest BCUT2D eigenvalue weighted by molar-refractivity contribution is 7.99. The van der Waals surface area contributed by atoms with Gasteiger partial charge in [-0.3, -0.25) is 4.79 Å². The second-order valence-electron chi connectivity index (χ2n) is 4.58. The van der Waals surface area contributed by atoms with Gasteiger partial charge in [0.2, 0.25) is 5.89 Å². The molecule has 0 radical (unpaired) electrons. The standard InChI is InChI=1S/C14H16N2O2S/c1-9(2)11-4-6-12(7-5-11)13(17)8-19-14-16-15-10(3)18-14/h4-7,9H,8H2,1-3H3. The number of carbonyl (C=O) groups excluding carboxylic acids is 1. The number of carbonyl (C=O) groups is 1. The van der Waals surface area contributed by atoms with Crippen molar-refractivity contribution in [1.82, 2.24) is 10.2 Å². The molecule has 4 nitrogen and oxygen atoms in total. The fraction of sp³-hybridized carbons (Fsp3) is 0.357. The summed E-state index contributed by atoms with van der Waals surface area (Å²) in [4.78, 5) is 12.0. The van der Waals surface area contributed by atoms with E-state index >= 15 is 0 Å². The van der Waals surface area contributed by atoms with Gasteiger partial charge in [-0.1, -0.05) is 49.9 Å². The normalized spacial score (nSPS) is 10.9. The van der Waals surface area contributed by atoms with Crippen molar-refractivity contribution in [2.24, 2.45) is 0 Å². The minimum atomic E-state index is 0.0659. The van der Waals surface area contributed by atoms with Gasteiger partial charge in [0.05, 0.1) is 5.75 Å². The van der Waals surface area contributed by atoms with Crippen LogP contribution < -0.4 is 0 Å². The molecule has 1 aromatic heterocycles. The highest BCUT2D eigenvalue weighted by Gasteiger charge is 2.10. The SMILES string of the molecule is Cc1nnc(SCC(=O)c2ccc(C(C)C)cc2)o1. The van der Waals surface area contributed by atoms with Crippen LogP contribution in [0.15, 0.2) is 33.9 Å². The third-order valence-electron chi connectivity index (χ3n) is 2.73. The number of Topliss-reactive ketones (excluding diaryl/α,β-unsaturated/α-hetero) is 1. The topological polar surface area (TPSA) is 56.0 Å². The molecule has 100 valence electrons. The molecule has 1 aromatic carbocycles. The lowest BCUT2D eigenvalue weighted by Gasteiger charge is -2.05. The van der Waals surface area contributed by atoms with E-state index in [1.807, 2.05) is 24.3 Å². The number of thioether (sulfide) groups is 1. The van der Waals surface area contributed by atoms with Crippen LogP contribution in [-0.2, 0) is 0 Å². The minimum Gasteiger partial charge on any atom is -0.416 e. The summed E-state index contributed by atoms with van der Waals surface area (Å²) in [6, 6.07) is 7.74. The summed E-state index contributed by atoms with van der Waals surface area (Å²) in [5.41, 5.74) is 1.95. The Morgan fingerprint density at radius 3 is 2.47 bits per heavy atom. The van der Waals surface area contributed by atoms with E-state index in [0.717, 1.165) is 0 Å². The van der Waals surface area contributed by atoms with E-state index in [4.69, 9.17) is 4.42 Å². The summed E-state index contributed by atoms with van der Waals surface area (Å²) in [5.74, 6) is 1.36. The molecule has 5 heteroatoms. The van der Waals surface area contributed by atoms with E-state index in [-0.39, 0.29) is 5.78 Å². The maximum absolute atomic E-state index is 12.0. The van der Waals surface area contributed by atoms with Gasteiger partial charge in [-0.05, 0) is 11.5 Å². The Morgan fingerprint density at radius 2 is 1.95 bits per heavy atom. The Bertz CT molecular complexity index is 561. The van der Waals surface area contributed by atoms with E-state index in [0.29, 0.717) is 28.3 Å². The molecule has 0 fully saturated rings. The van der Waals surface area contributed by atoms with E-state index in [1.54, 1.807) is 6.92 Å². The van der Waals surface area contributed by atoms with Crippen molar-refractivity contribution in [2.45, 2.75) is 31.9 Å². The first-order valence-electron chi connectivity index (χ1n) is 6.12. The molecule has 0 aliphatic carbocycles. The predicted octanol–water partition coefficient (Wildman–Crippen LogP) is 3.48. The molecular formula is C14H16N2O2S. The largest absolute Gasteiger partial charge is 0.416 e. The van der Waals surface area contributed by atoms with Crippen LogP contribution in [0.1, 0.15) is 41.6 Å². The molecule has 0 aliphatic heterocycles. The van der Waals surface area contributed by atoms with Gasteiger partial charge in [-0.2, -0.15) is 0 Å². The Labute approximate surface area is 116 Å². The van der Waals surface area contributed by atoms with Crippen LogP contribution in [0, 0.1) is 6.92 Å². The van der Waals surface area contributed by atoms with Crippen LogP contribution in [-0.4, -0.2) is 21.7 Å². The van der Waals surface area contributed by atoms with Gasteiger partial charge in [0, 0.05) is 12.5 Å². The molecule has 0 bridgehead atoms. The molecule has 2 rings (SSSR count). The molecule has 19 heavy (non-hydrogen) atoms. The smallest absolute Gasteiger partial charge is 0.277 e. The maximum atomic E-state index is 12.0. The van der Waals surface area contributed by atoms with Crippen molar-refractivity contribution in [3.8, 4) is 0 Å². The van der Waals surface area contributed by atoms with Gasteiger partial charge in [-0.25, -0.2) is 0 Å². The minimum absolute atomic E-state index is 0.0659. The van der Waals surface area contributed by atoms with Crippen molar-refractivity contribution in [3.05, 3.63) is 41.3 Å². The molecule has 0 unspecified atom stereocenters. The highest BCUT2D eigenvalue weighted by Crippen LogP contribution is 2.19. The summed E-state index contributed by atoms with van der Waals surface area (Å²) in [5, 5.41) is 8.00. The molecule has 1 heterocycles. The Kier molecular flexibility index (Phi) is 4.37. The average molecular weight is 276 g/mol. The number of aromatic nitrogens is 2. The maximum Gasteiger partial charge on any atom is 0.277 e. The van der Waals surface area contributed by atoms with Crippen molar-refractivity contribution >= 4 is 17.5 Å². The molecular weight excluding hydrogens is 260 g/mol. The highest BCUT2D eigenvalue weighted by atomic mass is 32.2. The number of hydrogen-bond acceptors (Lipinski definition) is 5. The first kappa shape index (κ1) is 13.8. The number of benzene rings is 1. The quantitative estimate of drug-likeness (QED) is 0.618. The van der Waals surface area contributed by atoms with Gasteiger partial charge < -0.3 is 4.42 Å². The van der Waals surface area contributed by atoms with Crippen LogP contribution in [0.4, 0.5) is 0 Å². The molecule has 0 N–H and O–H groups in total. The van der Waals surface area contributed by atoms with Gasteiger partial charge in [0.25, 0.3) is 5.22 Å². The first-order chi connectivity index (χ1) is 9.06. The van der Waals surface area contributed by atoms with Crippen molar-refractivity contribution in [3.63, 3.8) is 0 Å². The van der Waals surface area contributed by atoms with Crippen LogP contribution >= 0.6 is 11.8 Å². The number of ketones is 1. The molecule has 0 amide bonds. The Morgan fingerprint density at radius 1 is 1.26 bits per heavy atom. The van der Waals surface area contributed by atoms with Crippen molar-refractivity contribution in [2.75, 3.05) is 5.75 Å². The van der Waals surface area contributed by atoms with Crippen LogP contribution in [0.5, 0.6) is 0 Å². The first-order valence-corrected chi connectivity index (χ1v) is 7.11. The number of aryl methyl sites for hydroxylation is 1. The molecule has 0 spiro atoms. The lowest BCUT2D eigenvalue weighted by molar-refractivity contribution is 0.102. The summed E-state index contributed by atoms with van der Waals surface area (Å²) in [7, 11) is 0. The summed E-state index contributed by atoms with van der Waals surface area (Å²) < 4.78 is 5.21. The molecule has 0 atom stereocenters. The second-order valence-corrected chi connectivity index (χ2v) is 5.50. The average Bonchev–Trinajstić information content (AvgIpc) is 2.82. The van der Waals surface area contributed by atoms with Gasteiger partial charge in [0.1, 0.15) is 0 Å². The zero-order chi connectivity index (χ0) is 13.8. The number of rotatable bonds is 5. The zero-order valence-electron chi connectivity index (χ0n) is 11.2. The zero-order valence-corrected chi connectivity index (χ0v) is 12.0. The lowest BCUT2D eigenvalue weighted by Crippen LogP contribution is -2.02. The molecule has 0 saturated carbocycles. The summed E-state index contributed by atoms with van der Waals surface area (Å²) in [6.45, 7) is 5.98. The molecule has 0 aliphatic rings. The molecule has 2 aromatic rings. The van der Waals surface area contributed by atoms with Crippen LogP contribution in [0.3, 0.4) is 0 Å². The van der Waals surface area contributed by atoms with E-state index in [9.17, 15) is 4.79 Å². The lowest BCUT2D eigenvalue weighted by atomic mass is 10.0. The van der Waals surface area contributed by atoms with E-state index in [1.165, 1.54) is 17.3 Å². The molecule has 0 saturated heterocycles. The van der Waals surface area contributed by atoms with Gasteiger partial charge in [0.15, 0.2) is 5.78 Å². The monoisotopic (exact) mass is 276 g/mol. The fourth-order valence-electron chi connectivity index (χ4n) is 1.60. The predicted molar refractivity (Wildman–Crippen MR) is 74.6 cm³/mol. The summed E-state index contributed by atoms with van der Waals surface area (Å²) in [6.07, 6.45) is 0. The van der Waals surface area contributed by atoms with Crippen LogP contribution in [0.2, 0.25) is 0 Å². The number of hydrogen-bond donors (Lipinski definition) is 0. The van der Waals surface area contributed by atoms with E-state index in [2.05, 4.69) is 24.0 Å². The Balaban J connectivity index is 1.96. The van der Waals surface area contributed by atoms with Crippen molar-refractivity contribution in [1.29, 1.82) is 0 Å². The summed E-state index contributed by atoms with van der Waals surface area (Å²) >= 11 is 1.26. The van der Waals surface area contributed by atoms with Gasteiger partial charge in [-0.15, -0.1) is 10.2 Å². The third kappa shape index (κ3) is 3.67. The Hall–Kier alpha value is -1.62. The second kappa shape index (κ2) is 6.02. The van der Waals surface area contributed by atoms with Gasteiger partial charge >= 0.3 is 0 Å². The van der Waals surface area contributed by atoms with E-state index < -0.39 is 0 Å². The van der Waals surface area contributed by atoms with Crippen LogP contribution in [0.25, 0.3) is 0 Å². The third-order valence-corrected chi connectivity index (χ3v) is 3.55. The fourth-order valence-corrected chi connectivity index (χ4v) is 2.30. The van der Waals surface area contributed by atoms with Crippen molar-refractivity contribution < 1.29 is 9.21 Å².